The van der Waals surface area contributed by atoms with Crippen LogP contribution in [0.15, 0.2) is 146 Å². The molecular formula is C52H68N2O5. The monoisotopic (exact) mass is 801 g/mol. The quantitative estimate of drug-likeness (QED) is 0.0638. The maximum Gasteiger partial charge on any atom is 0.172 e. The Hall–Kier alpha value is -4.34. The number of aliphatic hydroxyl groups excluding tert-OH is 1. The van der Waals surface area contributed by atoms with Crippen molar-refractivity contribution in [3.05, 3.63) is 173 Å². The fourth-order valence-corrected chi connectivity index (χ4v) is 7.05. The van der Waals surface area contributed by atoms with Gasteiger partial charge in [-0.3, -0.25) is 4.90 Å². The van der Waals surface area contributed by atoms with Gasteiger partial charge in [0.15, 0.2) is 6.29 Å². The summed E-state index contributed by atoms with van der Waals surface area (Å²) in [5.41, 5.74) is 5.58. The summed E-state index contributed by atoms with van der Waals surface area (Å²) in [7, 11) is 0. The number of rotatable bonds is 23. The van der Waals surface area contributed by atoms with E-state index in [0.717, 1.165) is 22.4 Å². The van der Waals surface area contributed by atoms with E-state index in [-0.39, 0.29) is 29.5 Å². The lowest BCUT2D eigenvalue weighted by molar-refractivity contribution is -0.185. The highest BCUT2D eigenvalue weighted by Crippen LogP contribution is 2.27. The SMILES string of the molecule is C[C@H](NC(CO)[C@@H](OCc1ccccc1)[C@H](Cc1cccc(OCc2ccccc2)c1)N(Cc1ccccc1)Cc1ccccc1)C(OCC(C)(C)C)OCC(C)(C)C. The highest BCUT2D eigenvalue weighted by Gasteiger charge is 2.37. The fraction of sp³-hybridized carbons (Fsp3) is 0.423. The Morgan fingerprint density at radius 2 is 1.02 bits per heavy atom. The molecule has 0 radical (unpaired) electrons. The van der Waals surface area contributed by atoms with Crippen molar-refractivity contribution in [1.82, 2.24) is 10.2 Å². The molecule has 0 saturated heterocycles. The topological polar surface area (TPSA) is 72.4 Å². The van der Waals surface area contributed by atoms with Crippen LogP contribution < -0.4 is 10.1 Å². The van der Waals surface area contributed by atoms with Crippen molar-refractivity contribution < 1.29 is 24.1 Å². The summed E-state index contributed by atoms with van der Waals surface area (Å²) in [5.74, 6) is 0.810. The van der Waals surface area contributed by atoms with E-state index in [2.05, 4.69) is 162 Å². The summed E-state index contributed by atoms with van der Waals surface area (Å²) in [4.78, 5) is 2.51. The Morgan fingerprint density at radius 3 is 1.49 bits per heavy atom. The summed E-state index contributed by atoms with van der Waals surface area (Å²) in [6, 6.07) is 49.2. The van der Waals surface area contributed by atoms with Crippen LogP contribution in [0.25, 0.3) is 0 Å². The molecule has 0 aliphatic heterocycles. The molecule has 7 nitrogen and oxygen atoms in total. The largest absolute Gasteiger partial charge is 0.489 e. The number of benzene rings is 5. The Kier molecular flexibility index (Phi) is 17.7. The van der Waals surface area contributed by atoms with Crippen LogP contribution in [0.3, 0.4) is 0 Å². The van der Waals surface area contributed by atoms with Gasteiger partial charge in [0, 0.05) is 19.1 Å². The number of ether oxygens (including phenoxy) is 4. The molecule has 0 spiro atoms. The minimum atomic E-state index is -0.543. The first-order chi connectivity index (χ1) is 28.3. The van der Waals surface area contributed by atoms with Gasteiger partial charge in [0.1, 0.15) is 12.4 Å². The van der Waals surface area contributed by atoms with E-state index in [0.29, 0.717) is 45.9 Å². The minimum Gasteiger partial charge on any atom is -0.489 e. The van der Waals surface area contributed by atoms with Crippen LogP contribution in [0.4, 0.5) is 0 Å². The lowest BCUT2D eigenvalue weighted by Crippen LogP contribution is -2.59. The number of nitrogens with zero attached hydrogens (tertiary/aromatic N) is 1. The van der Waals surface area contributed by atoms with Crippen LogP contribution >= 0.6 is 0 Å². The zero-order valence-corrected chi connectivity index (χ0v) is 36.4. The molecule has 5 rings (SSSR count). The molecule has 5 aromatic rings. The maximum absolute atomic E-state index is 11.5. The van der Waals surface area contributed by atoms with Gasteiger partial charge in [-0.2, -0.15) is 0 Å². The molecule has 5 aromatic carbocycles. The van der Waals surface area contributed by atoms with E-state index in [1.807, 2.05) is 42.5 Å². The molecule has 7 heteroatoms. The average Bonchev–Trinajstić information content (AvgIpc) is 3.22. The van der Waals surface area contributed by atoms with Crippen LogP contribution in [-0.4, -0.2) is 60.3 Å². The Bertz CT molecular complexity index is 1820. The second-order valence-corrected chi connectivity index (χ2v) is 18.2. The van der Waals surface area contributed by atoms with Crippen LogP contribution in [0.5, 0.6) is 5.75 Å². The Labute approximate surface area is 354 Å². The van der Waals surface area contributed by atoms with Gasteiger partial charge >= 0.3 is 0 Å². The number of nitrogens with one attached hydrogen (secondary N) is 1. The van der Waals surface area contributed by atoms with Gasteiger partial charge in [-0.15, -0.1) is 0 Å². The normalized spacial score (nSPS) is 14.3. The first-order valence-electron chi connectivity index (χ1n) is 21.2. The summed E-state index contributed by atoms with van der Waals surface area (Å²) >= 11 is 0. The lowest BCUT2D eigenvalue weighted by Gasteiger charge is -2.42. The van der Waals surface area contributed by atoms with Crippen LogP contribution in [-0.2, 0) is 46.9 Å². The minimum absolute atomic E-state index is 0.0550. The van der Waals surface area contributed by atoms with Crippen molar-refractivity contribution in [2.45, 2.75) is 112 Å². The molecule has 0 fully saturated rings. The molecule has 0 aromatic heterocycles. The Morgan fingerprint density at radius 1 is 0.559 bits per heavy atom. The van der Waals surface area contributed by atoms with E-state index in [1.54, 1.807) is 0 Å². The van der Waals surface area contributed by atoms with Crippen molar-refractivity contribution in [3.63, 3.8) is 0 Å². The van der Waals surface area contributed by atoms with Gasteiger partial charge in [-0.05, 0) is 64.1 Å². The van der Waals surface area contributed by atoms with E-state index in [9.17, 15) is 5.11 Å². The molecule has 4 atom stereocenters. The smallest absolute Gasteiger partial charge is 0.172 e. The van der Waals surface area contributed by atoms with Gasteiger partial charge in [-0.25, -0.2) is 0 Å². The van der Waals surface area contributed by atoms with Gasteiger partial charge in [0.2, 0.25) is 0 Å². The van der Waals surface area contributed by atoms with E-state index in [4.69, 9.17) is 18.9 Å². The van der Waals surface area contributed by atoms with Gasteiger partial charge < -0.3 is 29.4 Å². The molecule has 316 valence electrons. The molecule has 2 N–H and O–H groups in total. The maximum atomic E-state index is 11.5. The third-order valence-corrected chi connectivity index (χ3v) is 10.0. The van der Waals surface area contributed by atoms with Gasteiger partial charge in [0.05, 0.1) is 44.6 Å². The second-order valence-electron chi connectivity index (χ2n) is 18.2. The lowest BCUT2D eigenvalue weighted by atomic mass is 9.93. The average molecular weight is 801 g/mol. The van der Waals surface area contributed by atoms with Crippen LogP contribution in [0.1, 0.15) is 76.3 Å². The van der Waals surface area contributed by atoms with E-state index >= 15 is 0 Å². The summed E-state index contributed by atoms with van der Waals surface area (Å²) in [6.07, 6.45) is -0.382. The van der Waals surface area contributed by atoms with Crippen molar-refractivity contribution in [3.8, 4) is 5.75 Å². The summed E-state index contributed by atoms with van der Waals surface area (Å²) in [5, 5.41) is 15.3. The highest BCUT2D eigenvalue weighted by atomic mass is 16.7. The second kappa shape index (κ2) is 22.9. The van der Waals surface area contributed by atoms with Gasteiger partial charge in [-0.1, -0.05) is 175 Å². The standard InChI is InChI=1S/C52H68N2O5/c1-40(50(58-38-51(2,3)4)59-39-52(5,6)7)53-47(35-55)49(57-37-44-27-18-11-19-28-44)48(32-45-29-20-30-46(31-45)56-36-43-25-16-10-17-26-43)54(33-41-21-12-8-13-22-41)34-42-23-14-9-15-24-42/h8-31,40,47-50,53,55H,32-39H2,1-7H3/t40-,47?,48-,49+/m0/s1. The van der Waals surface area contributed by atoms with Gasteiger partial charge in [0.25, 0.3) is 0 Å². The summed E-state index contributed by atoms with van der Waals surface area (Å²) < 4.78 is 26.5. The zero-order chi connectivity index (χ0) is 42.1. The molecule has 0 saturated carbocycles. The molecule has 0 heterocycles. The van der Waals surface area contributed by atoms with E-state index in [1.165, 1.54) is 11.1 Å². The number of hydrogen-bond donors (Lipinski definition) is 2. The molecule has 1 unspecified atom stereocenters. The first-order valence-corrected chi connectivity index (χ1v) is 21.2. The highest BCUT2D eigenvalue weighted by molar-refractivity contribution is 5.30. The summed E-state index contributed by atoms with van der Waals surface area (Å²) in [6.45, 7) is 18.2. The predicted molar refractivity (Wildman–Crippen MR) is 240 cm³/mol. The molecule has 59 heavy (non-hydrogen) atoms. The van der Waals surface area contributed by atoms with E-state index < -0.39 is 18.4 Å². The van der Waals surface area contributed by atoms with Crippen molar-refractivity contribution in [1.29, 1.82) is 0 Å². The fourth-order valence-electron chi connectivity index (χ4n) is 7.05. The van der Waals surface area contributed by atoms with Crippen LogP contribution in [0.2, 0.25) is 0 Å². The Balaban J connectivity index is 1.56. The number of hydrogen-bond acceptors (Lipinski definition) is 7. The third kappa shape index (κ3) is 16.3. The van der Waals surface area contributed by atoms with Crippen LogP contribution in [0, 0.1) is 10.8 Å². The van der Waals surface area contributed by atoms with Crippen molar-refractivity contribution >= 4 is 0 Å². The van der Waals surface area contributed by atoms with Crippen molar-refractivity contribution in [2.24, 2.45) is 10.8 Å². The zero-order valence-electron chi connectivity index (χ0n) is 36.4. The molecule has 0 aliphatic rings. The third-order valence-electron chi connectivity index (χ3n) is 10.0. The predicted octanol–water partition coefficient (Wildman–Crippen LogP) is 10.3. The molecule has 0 amide bonds. The first kappa shape index (κ1) is 45.7. The molecular weight excluding hydrogens is 733 g/mol. The molecule has 0 bridgehead atoms. The number of aliphatic hydroxyl groups is 1. The molecule has 0 aliphatic carbocycles. The van der Waals surface area contributed by atoms with Crippen molar-refractivity contribution in [2.75, 3.05) is 19.8 Å².